The molecule has 2 aromatic carbocycles. The molecule has 23 heavy (non-hydrogen) atoms. The first-order valence-electron chi connectivity index (χ1n) is 6.92. The molecule has 0 saturated heterocycles. The van der Waals surface area contributed by atoms with E-state index in [0.29, 0.717) is 22.0 Å². The SMILES string of the molecule is COc1ccc(-c2[nH]ncc2C(=O)Nc2cccc(Cl)c2)cc1. The van der Waals surface area contributed by atoms with Crippen LogP contribution in [-0.2, 0) is 0 Å². The topological polar surface area (TPSA) is 67.0 Å². The first-order valence-corrected chi connectivity index (χ1v) is 7.30. The molecule has 2 N–H and O–H groups in total. The number of nitrogens with one attached hydrogen (secondary N) is 2. The van der Waals surface area contributed by atoms with Crippen molar-refractivity contribution in [2.24, 2.45) is 0 Å². The molecule has 1 aromatic heterocycles. The number of halogens is 1. The standard InChI is InChI=1S/C17H14ClN3O2/c1-23-14-7-5-11(6-8-14)16-15(10-19-21-16)17(22)20-13-4-2-3-12(18)9-13/h2-10H,1H3,(H,19,21)(H,20,22). The molecule has 0 spiro atoms. The first kappa shape index (κ1) is 15.1. The molecule has 0 fully saturated rings. The highest BCUT2D eigenvalue weighted by Gasteiger charge is 2.15. The van der Waals surface area contributed by atoms with Crippen molar-refractivity contribution < 1.29 is 9.53 Å². The van der Waals surface area contributed by atoms with Crippen LogP contribution in [0, 0.1) is 0 Å². The van der Waals surface area contributed by atoms with Crippen LogP contribution < -0.4 is 10.1 Å². The van der Waals surface area contributed by atoms with Gasteiger partial charge in [-0.2, -0.15) is 5.10 Å². The number of hydrogen-bond donors (Lipinski definition) is 2. The Morgan fingerprint density at radius 1 is 1.22 bits per heavy atom. The number of aromatic amines is 1. The highest BCUT2D eigenvalue weighted by Crippen LogP contribution is 2.24. The Hall–Kier alpha value is -2.79. The Labute approximate surface area is 138 Å². The molecule has 0 atom stereocenters. The van der Waals surface area contributed by atoms with E-state index in [1.54, 1.807) is 31.4 Å². The van der Waals surface area contributed by atoms with Crippen molar-refractivity contribution in [3.05, 3.63) is 65.3 Å². The molecule has 0 saturated carbocycles. The van der Waals surface area contributed by atoms with Gasteiger partial charge in [0, 0.05) is 16.3 Å². The largest absolute Gasteiger partial charge is 0.497 e. The number of carbonyl (C=O) groups excluding carboxylic acids is 1. The third-order valence-electron chi connectivity index (χ3n) is 3.35. The number of hydrogen-bond acceptors (Lipinski definition) is 3. The van der Waals surface area contributed by atoms with Crippen LogP contribution in [0.15, 0.2) is 54.7 Å². The second-order valence-corrected chi connectivity index (χ2v) is 5.29. The van der Waals surface area contributed by atoms with Crippen molar-refractivity contribution in [1.82, 2.24) is 10.2 Å². The summed E-state index contributed by atoms with van der Waals surface area (Å²) < 4.78 is 5.14. The summed E-state index contributed by atoms with van der Waals surface area (Å²) in [6.45, 7) is 0. The summed E-state index contributed by atoms with van der Waals surface area (Å²) in [5.41, 5.74) is 2.58. The van der Waals surface area contributed by atoms with Gasteiger partial charge >= 0.3 is 0 Å². The molecular weight excluding hydrogens is 314 g/mol. The number of amides is 1. The van der Waals surface area contributed by atoms with E-state index in [1.807, 2.05) is 24.3 Å². The second kappa shape index (κ2) is 6.54. The lowest BCUT2D eigenvalue weighted by Gasteiger charge is -2.07. The number of nitrogens with zero attached hydrogens (tertiary/aromatic N) is 1. The van der Waals surface area contributed by atoms with Gasteiger partial charge in [-0.3, -0.25) is 9.89 Å². The molecule has 1 heterocycles. The predicted octanol–water partition coefficient (Wildman–Crippen LogP) is 3.99. The molecule has 0 bridgehead atoms. The highest BCUT2D eigenvalue weighted by atomic mass is 35.5. The zero-order valence-electron chi connectivity index (χ0n) is 12.3. The number of anilines is 1. The monoisotopic (exact) mass is 327 g/mol. The Morgan fingerprint density at radius 3 is 2.70 bits per heavy atom. The van der Waals surface area contributed by atoms with Crippen molar-refractivity contribution in [2.75, 3.05) is 12.4 Å². The van der Waals surface area contributed by atoms with Gasteiger partial charge in [-0.15, -0.1) is 0 Å². The van der Waals surface area contributed by atoms with Crippen molar-refractivity contribution in [2.45, 2.75) is 0 Å². The molecule has 0 aliphatic rings. The van der Waals surface area contributed by atoms with Crippen molar-refractivity contribution in [3.8, 4) is 17.0 Å². The molecule has 5 nitrogen and oxygen atoms in total. The molecule has 116 valence electrons. The summed E-state index contributed by atoms with van der Waals surface area (Å²) in [7, 11) is 1.61. The van der Waals surface area contributed by atoms with Gasteiger partial charge in [0.05, 0.1) is 24.6 Å². The molecule has 6 heteroatoms. The minimum Gasteiger partial charge on any atom is -0.497 e. The van der Waals surface area contributed by atoms with Crippen LogP contribution >= 0.6 is 11.6 Å². The second-order valence-electron chi connectivity index (χ2n) is 4.85. The molecule has 1 amide bonds. The summed E-state index contributed by atoms with van der Waals surface area (Å²) >= 11 is 5.93. The van der Waals surface area contributed by atoms with Crippen molar-refractivity contribution >= 4 is 23.2 Å². The zero-order valence-corrected chi connectivity index (χ0v) is 13.1. The van der Waals surface area contributed by atoms with Crippen LogP contribution in [-0.4, -0.2) is 23.2 Å². The average Bonchev–Trinajstić information content (AvgIpc) is 3.05. The van der Waals surface area contributed by atoms with Gasteiger partial charge in [0.25, 0.3) is 5.91 Å². The summed E-state index contributed by atoms with van der Waals surface area (Å²) in [5, 5.41) is 10.2. The van der Waals surface area contributed by atoms with E-state index in [0.717, 1.165) is 11.3 Å². The number of H-pyrrole nitrogens is 1. The van der Waals surface area contributed by atoms with Crippen LogP contribution in [0.4, 0.5) is 5.69 Å². The maximum Gasteiger partial charge on any atom is 0.259 e. The third-order valence-corrected chi connectivity index (χ3v) is 3.58. The van der Waals surface area contributed by atoms with Gasteiger partial charge in [0.2, 0.25) is 0 Å². The lowest BCUT2D eigenvalue weighted by molar-refractivity contribution is 0.102. The van der Waals surface area contributed by atoms with Crippen LogP contribution in [0.1, 0.15) is 10.4 Å². The van der Waals surface area contributed by atoms with E-state index in [2.05, 4.69) is 15.5 Å². The quantitative estimate of drug-likeness (QED) is 0.761. The van der Waals surface area contributed by atoms with Crippen LogP contribution in [0.25, 0.3) is 11.3 Å². The maximum atomic E-state index is 12.5. The van der Waals surface area contributed by atoms with E-state index in [1.165, 1.54) is 6.20 Å². The lowest BCUT2D eigenvalue weighted by Crippen LogP contribution is -2.12. The molecule has 3 aromatic rings. The van der Waals surface area contributed by atoms with Gasteiger partial charge in [0.1, 0.15) is 5.75 Å². The molecule has 3 rings (SSSR count). The van der Waals surface area contributed by atoms with Gasteiger partial charge in [-0.05, 0) is 42.5 Å². The number of methoxy groups -OCH3 is 1. The molecule has 0 unspecified atom stereocenters. The van der Waals surface area contributed by atoms with Gasteiger partial charge in [-0.25, -0.2) is 0 Å². The summed E-state index contributed by atoms with van der Waals surface area (Å²) in [5.74, 6) is 0.491. The molecule has 0 aliphatic heterocycles. The van der Waals surface area contributed by atoms with Gasteiger partial charge in [0.15, 0.2) is 0 Å². The fourth-order valence-corrected chi connectivity index (χ4v) is 2.39. The lowest BCUT2D eigenvalue weighted by atomic mass is 10.1. The zero-order chi connectivity index (χ0) is 16.2. The average molecular weight is 328 g/mol. The summed E-state index contributed by atoms with van der Waals surface area (Å²) in [6.07, 6.45) is 1.50. The summed E-state index contributed by atoms with van der Waals surface area (Å²) in [6, 6.07) is 14.4. The number of benzene rings is 2. The maximum absolute atomic E-state index is 12.5. The molecular formula is C17H14ClN3O2. The number of carbonyl (C=O) groups is 1. The molecule has 0 aliphatic carbocycles. The van der Waals surface area contributed by atoms with Crippen molar-refractivity contribution in [1.29, 1.82) is 0 Å². The molecule has 0 radical (unpaired) electrons. The highest BCUT2D eigenvalue weighted by molar-refractivity contribution is 6.31. The Balaban J connectivity index is 1.86. The van der Waals surface area contributed by atoms with E-state index in [-0.39, 0.29) is 5.91 Å². The predicted molar refractivity (Wildman–Crippen MR) is 90.0 cm³/mol. The minimum absolute atomic E-state index is 0.258. The van der Waals surface area contributed by atoms with Crippen molar-refractivity contribution in [3.63, 3.8) is 0 Å². The Kier molecular flexibility index (Phi) is 4.30. The normalized spacial score (nSPS) is 10.3. The fourth-order valence-electron chi connectivity index (χ4n) is 2.20. The minimum atomic E-state index is -0.258. The number of ether oxygens (including phenoxy) is 1. The Bertz CT molecular complexity index is 828. The fraction of sp³-hybridized carbons (Fsp3) is 0.0588. The number of rotatable bonds is 4. The van der Waals surface area contributed by atoms with E-state index >= 15 is 0 Å². The van der Waals surface area contributed by atoms with E-state index < -0.39 is 0 Å². The number of aromatic nitrogens is 2. The van der Waals surface area contributed by atoms with Crippen LogP contribution in [0.5, 0.6) is 5.75 Å². The summed E-state index contributed by atoms with van der Waals surface area (Å²) in [4.78, 5) is 12.5. The van der Waals surface area contributed by atoms with E-state index in [9.17, 15) is 4.79 Å². The first-order chi connectivity index (χ1) is 11.2. The third kappa shape index (κ3) is 3.35. The van der Waals surface area contributed by atoms with Crippen LogP contribution in [0.3, 0.4) is 0 Å². The van der Waals surface area contributed by atoms with E-state index in [4.69, 9.17) is 16.3 Å². The van der Waals surface area contributed by atoms with Gasteiger partial charge < -0.3 is 10.1 Å². The van der Waals surface area contributed by atoms with Gasteiger partial charge in [-0.1, -0.05) is 17.7 Å². The Morgan fingerprint density at radius 2 is 2.00 bits per heavy atom. The van der Waals surface area contributed by atoms with Crippen LogP contribution in [0.2, 0.25) is 5.02 Å². The smallest absolute Gasteiger partial charge is 0.259 e.